The Morgan fingerprint density at radius 1 is 0.929 bits per heavy atom. The number of fused-ring (bicyclic) bond motifs is 1. The molecule has 0 radical (unpaired) electrons. The van der Waals surface area contributed by atoms with E-state index < -0.39 is 0 Å². The Morgan fingerprint density at radius 2 is 1.61 bits per heavy atom. The molecule has 5 nitrogen and oxygen atoms in total. The molecule has 4 aromatic rings. The van der Waals surface area contributed by atoms with E-state index in [-0.39, 0.29) is 17.3 Å². The summed E-state index contributed by atoms with van der Waals surface area (Å²) in [5, 5.41) is 20.0. The molecule has 0 fully saturated rings. The first-order valence-electron chi connectivity index (χ1n) is 8.89. The molecule has 0 spiro atoms. The van der Waals surface area contributed by atoms with Crippen LogP contribution in [0.4, 0.5) is 0 Å². The minimum Gasteiger partial charge on any atom is -0.508 e. The third kappa shape index (κ3) is 3.18. The van der Waals surface area contributed by atoms with Crippen molar-refractivity contribution >= 4 is 16.8 Å². The van der Waals surface area contributed by atoms with Crippen molar-refractivity contribution in [2.45, 2.75) is 6.92 Å². The lowest BCUT2D eigenvalue weighted by Gasteiger charge is -2.06. The Balaban J connectivity index is 1.87. The Labute approximate surface area is 161 Å². The molecule has 0 unspecified atom stereocenters. The van der Waals surface area contributed by atoms with Crippen LogP contribution in [0.1, 0.15) is 22.8 Å². The van der Waals surface area contributed by atoms with Crippen molar-refractivity contribution < 1.29 is 24.2 Å². The highest BCUT2D eigenvalue weighted by atomic mass is 16.5. The number of benzene rings is 3. The van der Waals surface area contributed by atoms with Crippen LogP contribution in [0.25, 0.3) is 22.3 Å². The molecule has 0 saturated carbocycles. The van der Waals surface area contributed by atoms with Gasteiger partial charge in [-0.25, -0.2) is 0 Å². The average molecular weight is 374 g/mol. The fourth-order valence-corrected chi connectivity index (χ4v) is 3.14. The second-order valence-corrected chi connectivity index (χ2v) is 6.32. The maximum atomic E-state index is 13.3. The number of furan rings is 1. The molecule has 4 rings (SSSR count). The van der Waals surface area contributed by atoms with Gasteiger partial charge in [-0.1, -0.05) is 0 Å². The number of ketones is 1. The maximum absolute atomic E-state index is 13.3. The van der Waals surface area contributed by atoms with Crippen LogP contribution in [0, 0.1) is 0 Å². The zero-order valence-corrected chi connectivity index (χ0v) is 15.2. The molecule has 140 valence electrons. The number of carbonyl (C=O) groups is 1. The molecular weight excluding hydrogens is 356 g/mol. The minimum absolute atomic E-state index is 0.0542. The van der Waals surface area contributed by atoms with Gasteiger partial charge in [-0.15, -0.1) is 0 Å². The van der Waals surface area contributed by atoms with Crippen molar-refractivity contribution in [3.8, 4) is 28.6 Å². The summed E-state index contributed by atoms with van der Waals surface area (Å²) in [5.41, 5.74) is 1.98. The second kappa shape index (κ2) is 7.12. The van der Waals surface area contributed by atoms with Crippen LogP contribution in [-0.4, -0.2) is 22.6 Å². The standard InChI is InChI=1S/C23H18O5/c1-2-27-18-10-5-14(6-11-18)22(26)21-19-12-9-17(25)13-20(19)28-23(21)15-3-7-16(24)8-4-15/h3-13,24-25H,2H2,1H3. The van der Waals surface area contributed by atoms with Gasteiger partial charge >= 0.3 is 0 Å². The van der Waals surface area contributed by atoms with E-state index in [0.717, 1.165) is 0 Å². The number of ether oxygens (including phenoxy) is 1. The van der Waals surface area contributed by atoms with E-state index in [2.05, 4.69) is 0 Å². The third-order valence-corrected chi connectivity index (χ3v) is 4.46. The number of phenols is 2. The predicted molar refractivity (Wildman–Crippen MR) is 106 cm³/mol. The molecule has 0 aliphatic heterocycles. The number of hydrogen-bond donors (Lipinski definition) is 2. The van der Waals surface area contributed by atoms with Gasteiger partial charge in [0.25, 0.3) is 0 Å². The molecule has 0 aliphatic rings. The molecule has 3 aromatic carbocycles. The quantitative estimate of drug-likeness (QED) is 0.473. The van der Waals surface area contributed by atoms with Gasteiger partial charge in [0.2, 0.25) is 0 Å². The van der Waals surface area contributed by atoms with E-state index >= 15 is 0 Å². The summed E-state index contributed by atoms with van der Waals surface area (Å²) in [7, 11) is 0. The smallest absolute Gasteiger partial charge is 0.197 e. The summed E-state index contributed by atoms with van der Waals surface area (Å²) in [4.78, 5) is 13.3. The number of carbonyl (C=O) groups excluding carboxylic acids is 1. The SMILES string of the molecule is CCOc1ccc(C(=O)c2c(-c3ccc(O)cc3)oc3cc(O)ccc23)cc1. The van der Waals surface area contributed by atoms with Crippen molar-refractivity contribution in [2.24, 2.45) is 0 Å². The first-order valence-corrected chi connectivity index (χ1v) is 8.89. The summed E-state index contributed by atoms with van der Waals surface area (Å²) in [6.07, 6.45) is 0. The molecule has 0 amide bonds. The summed E-state index contributed by atoms with van der Waals surface area (Å²) in [6.45, 7) is 2.45. The van der Waals surface area contributed by atoms with Crippen molar-refractivity contribution in [2.75, 3.05) is 6.61 Å². The lowest BCUT2D eigenvalue weighted by molar-refractivity contribution is 0.104. The molecule has 28 heavy (non-hydrogen) atoms. The lowest BCUT2D eigenvalue weighted by atomic mass is 9.97. The van der Waals surface area contributed by atoms with Crippen LogP contribution in [-0.2, 0) is 0 Å². The lowest BCUT2D eigenvalue weighted by Crippen LogP contribution is -2.02. The average Bonchev–Trinajstić information content (AvgIpc) is 3.07. The molecule has 1 aromatic heterocycles. The van der Waals surface area contributed by atoms with Gasteiger partial charge < -0.3 is 19.4 Å². The van der Waals surface area contributed by atoms with Gasteiger partial charge in [0, 0.05) is 22.6 Å². The van der Waals surface area contributed by atoms with Crippen LogP contribution in [0.3, 0.4) is 0 Å². The van der Waals surface area contributed by atoms with Crippen molar-refractivity contribution in [3.63, 3.8) is 0 Å². The normalized spacial score (nSPS) is 10.9. The molecule has 5 heteroatoms. The first kappa shape index (κ1) is 17.7. The number of aromatic hydroxyl groups is 2. The van der Waals surface area contributed by atoms with E-state index in [4.69, 9.17) is 9.15 Å². The van der Waals surface area contributed by atoms with Gasteiger partial charge in [-0.2, -0.15) is 0 Å². The molecule has 0 atom stereocenters. The van der Waals surface area contributed by atoms with Crippen LogP contribution in [0.5, 0.6) is 17.2 Å². The summed E-state index contributed by atoms with van der Waals surface area (Å²) in [6, 6.07) is 18.0. The Bertz CT molecular complexity index is 1140. The zero-order chi connectivity index (χ0) is 19.7. The first-order chi connectivity index (χ1) is 13.6. The van der Waals surface area contributed by atoms with Gasteiger partial charge in [-0.3, -0.25) is 4.79 Å². The highest BCUT2D eigenvalue weighted by Gasteiger charge is 2.23. The van der Waals surface area contributed by atoms with Gasteiger partial charge in [0.15, 0.2) is 5.78 Å². The van der Waals surface area contributed by atoms with E-state index in [0.29, 0.717) is 45.8 Å². The van der Waals surface area contributed by atoms with Gasteiger partial charge in [0.1, 0.15) is 28.6 Å². The van der Waals surface area contributed by atoms with E-state index in [1.807, 2.05) is 6.92 Å². The van der Waals surface area contributed by atoms with Crippen LogP contribution < -0.4 is 4.74 Å². The Hall–Kier alpha value is -3.73. The summed E-state index contributed by atoms with van der Waals surface area (Å²) >= 11 is 0. The molecular formula is C23H18O5. The van der Waals surface area contributed by atoms with Crippen LogP contribution >= 0.6 is 0 Å². The van der Waals surface area contributed by atoms with Crippen molar-refractivity contribution in [1.82, 2.24) is 0 Å². The second-order valence-electron chi connectivity index (χ2n) is 6.32. The van der Waals surface area contributed by atoms with Gasteiger partial charge in [-0.05, 0) is 67.6 Å². The summed E-state index contributed by atoms with van der Waals surface area (Å²) in [5.74, 6) is 1.06. The zero-order valence-electron chi connectivity index (χ0n) is 15.2. The largest absolute Gasteiger partial charge is 0.508 e. The summed E-state index contributed by atoms with van der Waals surface area (Å²) < 4.78 is 11.4. The third-order valence-electron chi connectivity index (χ3n) is 4.46. The Morgan fingerprint density at radius 3 is 2.29 bits per heavy atom. The Kier molecular flexibility index (Phi) is 4.49. The minimum atomic E-state index is -0.199. The fourth-order valence-electron chi connectivity index (χ4n) is 3.14. The maximum Gasteiger partial charge on any atom is 0.197 e. The number of hydrogen-bond acceptors (Lipinski definition) is 5. The molecule has 0 bridgehead atoms. The van der Waals surface area contributed by atoms with E-state index in [1.54, 1.807) is 42.5 Å². The van der Waals surface area contributed by atoms with E-state index in [1.165, 1.54) is 24.3 Å². The molecule has 1 heterocycles. The van der Waals surface area contributed by atoms with Crippen LogP contribution in [0.15, 0.2) is 71.1 Å². The topological polar surface area (TPSA) is 79.9 Å². The van der Waals surface area contributed by atoms with Crippen molar-refractivity contribution in [3.05, 3.63) is 77.9 Å². The van der Waals surface area contributed by atoms with Crippen molar-refractivity contribution in [1.29, 1.82) is 0 Å². The monoisotopic (exact) mass is 374 g/mol. The van der Waals surface area contributed by atoms with Gasteiger partial charge in [0.05, 0.1) is 12.2 Å². The number of phenolic OH excluding ortho intramolecular Hbond substituents is 2. The predicted octanol–water partition coefficient (Wildman–Crippen LogP) is 5.14. The highest BCUT2D eigenvalue weighted by Crippen LogP contribution is 2.37. The molecule has 0 aliphatic carbocycles. The highest BCUT2D eigenvalue weighted by molar-refractivity contribution is 6.19. The fraction of sp³-hybridized carbons (Fsp3) is 0.0870. The molecule has 0 saturated heterocycles. The number of rotatable bonds is 5. The van der Waals surface area contributed by atoms with E-state index in [9.17, 15) is 15.0 Å². The molecule has 2 N–H and O–H groups in total. The van der Waals surface area contributed by atoms with Crippen LogP contribution in [0.2, 0.25) is 0 Å².